The molecule has 28 heavy (non-hydrogen) atoms. The SMILES string of the molecule is CCOc1cc(C(=O)N2CC(C)(C)OC3(CCCC3)C2)ccc1OCC(=O)O. The molecule has 0 radical (unpaired) electrons. The van der Waals surface area contributed by atoms with Gasteiger partial charge in [-0.2, -0.15) is 0 Å². The number of morpholine rings is 1. The van der Waals surface area contributed by atoms with Crippen LogP contribution < -0.4 is 9.47 Å². The Labute approximate surface area is 165 Å². The van der Waals surface area contributed by atoms with E-state index in [1.54, 1.807) is 18.2 Å². The van der Waals surface area contributed by atoms with Gasteiger partial charge in [0.2, 0.25) is 0 Å². The van der Waals surface area contributed by atoms with Crippen molar-refractivity contribution in [1.29, 1.82) is 0 Å². The molecule has 1 heterocycles. The topological polar surface area (TPSA) is 85.3 Å². The number of carboxylic acids is 1. The summed E-state index contributed by atoms with van der Waals surface area (Å²) in [6.45, 7) is 6.92. The van der Waals surface area contributed by atoms with Crippen LogP contribution in [0.15, 0.2) is 18.2 Å². The van der Waals surface area contributed by atoms with Crippen LogP contribution >= 0.6 is 0 Å². The van der Waals surface area contributed by atoms with Crippen molar-refractivity contribution in [3.63, 3.8) is 0 Å². The van der Waals surface area contributed by atoms with Crippen LogP contribution in [0.25, 0.3) is 0 Å². The minimum absolute atomic E-state index is 0.0756. The van der Waals surface area contributed by atoms with Crippen molar-refractivity contribution >= 4 is 11.9 Å². The Balaban J connectivity index is 1.82. The molecular weight excluding hydrogens is 362 g/mol. The number of carbonyl (C=O) groups excluding carboxylic acids is 1. The summed E-state index contributed by atoms with van der Waals surface area (Å²) in [5.74, 6) is -0.457. The van der Waals surface area contributed by atoms with E-state index in [9.17, 15) is 9.59 Å². The molecule has 1 aromatic carbocycles. The summed E-state index contributed by atoms with van der Waals surface area (Å²) in [4.78, 5) is 25.9. The van der Waals surface area contributed by atoms with Crippen molar-refractivity contribution in [2.75, 3.05) is 26.3 Å². The number of carbonyl (C=O) groups is 2. The van der Waals surface area contributed by atoms with Gasteiger partial charge in [0.25, 0.3) is 5.91 Å². The smallest absolute Gasteiger partial charge is 0.341 e. The highest BCUT2D eigenvalue weighted by Crippen LogP contribution is 2.41. The van der Waals surface area contributed by atoms with Gasteiger partial charge in [0.05, 0.1) is 24.4 Å². The van der Waals surface area contributed by atoms with E-state index in [0.29, 0.717) is 36.8 Å². The molecule has 7 heteroatoms. The van der Waals surface area contributed by atoms with Crippen LogP contribution in [0.5, 0.6) is 11.5 Å². The van der Waals surface area contributed by atoms with E-state index in [2.05, 4.69) is 0 Å². The molecule has 2 aliphatic rings. The molecule has 1 aliphatic carbocycles. The lowest BCUT2D eigenvalue weighted by atomic mass is 9.93. The number of aliphatic carboxylic acids is 1. The van der Waals surface area contributed by atoms with Crippen LogP contribution in [-0.2, 0) is 9.53 Å². The van der Waals surface area contributed by atoms with Gasteiger partial charge in [-0.05, 0) is 51.8 Å². The van der Waals surface area contributed by atoms with E-state index in [-0.39, 0.29) is 11.5 Å². The third-order valence-electron chi connectivity index (χ3n) is 5.19. The molecule has 1 saturated heterocycles. The fourth-order valence-electron chi connectivity index (χ4n) is 4.29. The largest absolute Gasteiger partial charge is 0.490 e. The van der Waals surface area contributed by atoms with Gasteiger partial charge < -0.3 is 24.2 Å². The second-order valence-corrected chi connectivity index (χ2v) is 8.19. The zero-order chi connectivity index (χ0) is 20.4. The molecule has 1 aliphatic heterocycles. The van der Waals surface area contributed by atoms with E-state index in [0.717, 1.165) is 25.7 Å². The molecule has 3 rings (SSSR count). The first-order chi connectivity index (χ1) is 13.2. The minimum atomic E-state index is -1.07. The number of nitrogens with zero attached hydrogens (tertiary/aromatic N) is 1. The second kappa shape index (κ2) is 7.99. The Kier molecular flexibility index (Phi) is 5.84. The fraction of sp³-hybridized carbons (Fsp3) is 0.619. The summed E-state index contributed by atoms with van der Waals surface area (Å²) in [7, 11) is 0. The lowest BCUT2D eigenvalue weighted by Crippen LogP contribution is -2.60. The number of hydrogen-bond acceptors (Lipinski definition) is 5. The monoisotopic (exact) mass is 391 g/mol. The molecular formula is C21H29NO6. The maximum absolute atomic E-state index is 13.2. The molecule has 1 aromatic rings. The van der Waals surface area contributed by atoms with Gasteiger partial charge in [0.15, 0.2) is 18.1 Å². The lowest BCUT2D eigenvalue weighted by molar-refractivity contribution is -0.184. The Bertz CT molecular complexity index is 738. The third-order valence-corrected chi connectivity index (χ3v) is 5.19. The van der Waals surface area contributed by atoms with E-state index in [1.807, 2.05) is 25.7 Å². The first-order valence-electron chi connectivity index (χ1n) is 9.84. The zero-order valence-electron chi connectivity index (χ0n) is 16.8. The van der Waals surface area contributed by atoms with Crippen molar-refractivity contribution in [3.05, 3.63) is 23.8 Å². The highest BCUT2D eigenvalue weighted by molar-refractivity contribution is 5.95. The molecule has 1 N–H and O–H groups in total. The first kappa shape index (κ1) is 20.5. The van der Waals surface area contributed by atoms with Gasteiger partial charge in [0, 0.05) is 12.1 Å². The maximum atomic E-state index is 13.2. The quantitative estimate of drug-likeness (QED) is 0.802. The minimum Gasteiger partial charge on any atom is -0.490 e. The van der Waals surface area contributed by atoms with Crippen LogP contribution in [-0.4, -0.2) is 59.4 Å². The summed E-state index contributed by atoms with van der Waals surface area (Å²) in [5, 5.41) is 8.82. The Morgan fingerprint density at radius 3 is 2.50 bits per heavy atom. The van der Waals surface area contributed by atoms with Gasteiger partial charge in [-0.15, -0.1) is 0 Å². The first-order valence-corrected chi connectivity index (χ1v) is 9.84. The number of hydrogen-bond donors (Lipinski definition) is 1. The number of ether oxygens (including phenoxy) is 3. The van der Waals surface area contributed by atoms with E-state index in [4.69, 9.17) is 19.3 Å². The van der Waals surface area contributed by atoms with Crippen molar-refractivity contribution < 1.29 is 28.9 Å². The summed E-state index contributed by atoms with van der Waals surface area (Å²) >= 11 is 0. The van der Waals surface area contributed by atoms with Crippen molar-refractivity contribution in [1.82, 2.24) is 4.90 Å². The molecule has 2 fully saturated rings. The standard InChI is InChI=1S/C21H29NO6/c1-4-26-17-11-15(7-8-16(17)27-12-18(23)24)19(25)22-13-20(2,3)28-21(14-22)9-5-6-10-21/h7-8,11H,4-6,9-10,12-14H2,1-3H3,(H,23,24). The predicted octanol–water partition coefficient (Wildman–Crippen LogP) is 3.11. The average molecular weight is 391 g/mol. The van der Waals surface area contributed by atoms with Crippen molar-refractivity contribution in [2.24, 2.45) is 0 Å². The van der Waals surface area contributed by atoms with Crippen LogP contribution in [0.3, 0.4) is 0 Å². The fourth-order valence-corrected chi connectivity index (χ4v) is 4.29. The third kappa shape index (κ3) is 4.58. The Hall–Kier alpha value is -2.28. The Morgan fingerprint density at radius 1 is 1.14 bits per heavy atom. The molecule has 0 atom stereocenters. The van der Waals surface area contributed by atoms with Gasteiger partial charge in [0.1, 0.15) is 0 Å². The van der Waals surface area contributed by atoms with Gasteiger partial charge in [-0.25, -0.2) is 4.79 Å². The van der Waals surface area contributed by atoms with Crippen LogP contribution in [0.1, 0.15) is 56.8 Å². The van der Waals surface area contributed by atoms with E-state index in [1.165, 1.54) is 0 Å². The van der Waals surface area contributed by atoms with E-state index < -0.39 is 18.2 Å². The van der Waals surface area contributed by atoms with Gasteiger partial charge >= 0.3 is 5.97 Å². The molecule has 1 amide bonds. The highest BCUT2D eigenvalue weighted by atomic mass is 16.5. The molecule has 154 valence electrons. The van der Waals surface area contributed by atoms with Crippen molar-refractivity contribution in [3.8, 4) is 11.5 Å². The zero-order valence-corrected chi connectivity index (χ0v) is 16.8. The van der Waals surface area contributed by atoms with Crippen molar-refractivity contribution in [2.45, 2.75) is 57.7 Å². The van der Waals surface area contributed by atoms with Crippen LogP contribution in [0.2, 0.25) is 0 Å². The molecule has 7 nitrogen and oxygen atoms in total. The molecule has 1 spiro atoms. The molecule has 0 aromatic heterocycles. The predicted molar refractivity (Wildman–Crippen MR) is 103 cm³/mol. The summed E-state index contributed by atoms with van der Waals surface area (Å²) in [6, 6.07) is 4.89. The summed E-state index contributed by atoms with van der Waals surface area (Å²) in [5.41, 5.74) is -0.145. The maximum Gasteiger partial charge on any atom is 0.341 e. The van der Waals surface area contributed by atoms with E-state index >= 15 is 0 Å². The number of benzene rings is 1. The van der Waals surface area contributed by atoms with Crippen LogP contribution in [0.4, 0.5) is 0 Å². The number of amides is 1. The molecule has 0 bridgehead atoms. The second-order valence-electron chi connectivity index (χ2n) is 8.19. The van der Waals surface area contributed by atoms with Gasteiger partial charge in [-0.3, -0.25) is 4.79 Å². The molecule has 1 saturated carbocycles. The number of carboxylic acid groups (broad SMARTS) is 1. The normalized spacial score (nSPS) is 20.2. The average Bonchev–Trinajstić information content (AvgIpc) is 3.05. The summed E-state index contributed by atoms with van der Waals surface area (Å²) in [6.07, 6.45) is 4.21. The number of rotatable bonds is 6. The highest BCUT2D eigenvalue weighted by Gasteiger charge is 2.47. The lowest BCUT2D eigenvalue weighted by Gasteiger charge is -2.48. The molecule has 0 unspecified atom stereocenters. The van der Waals surface area contributed by atoms with Gasteiger partial charge in [-0.1, -0.05) is 12.8 Å². The summed E-state index contributed by atoms with van der Waals surface area (Å²) < 4.78 is 17.2. The van der Waals surface area contributed by atoms with Crippen LogP contribution in [0, 0.1) is 0 Å². The Morgan fingerprint density at radius 2 is 1.86 bits per heavy atom.